The predicted molar refractivity (Wildman–Crippen MR) is 83.7 cm³/mol. The van der Waals surface area contributed by atoms with E-state index in [1.54, 1.807) is 0 Å². The number of nitrogens with zero attached hydrogens (tertiary/aromatic N) is 1. The van der Waals surface area contributed by atoms with Crippen molar-refractivity contribution in [2.24, 2.45) is 0 Å². The third kappa shape index (κ3) is 4.24. The van der Waals surface area contributed by atoms with Gasteiger partial charge in [0.1, 0.15) is 0 Å². The Balaban J connectivity index is 2.14. The molecule has 1 aromatic carbocycles. The van der Waals surface area contributed by atoms with Crippen LogP contribution in [0, 0.1) is 0 Å². The van der Waals surface area contributed by atoms with Gasteiger partial charge in [0, 0.05) is 30.4 Å². The highest BCUT2D eigenvalue weighted by molar-refractivity contribution is 5.55. The first kappa shape index (κ1) is 14.4. The van der Waals surface area contributed by atoms with Crippen LogP contribution in [0.1, 0.15) is 52.5 Å². The molecule has 0 aliphatic heterocycles. The molecular weight excluding hydrogens is 232 g/mol. The third-order valence-electron chi connectivity index (χ3n) is 3.56. The van der Waals surface area contributed by atoms with Crippen molar-refractivity contribution in [3.8, 4) is 0 Å². The van der Waals surface area contributed by atoms with Crippen molar-refractivity contribution in [2.45, 2.75) is 65.1 Å². The average molecular weight is 260 g/mol. The molecular formula is C17H28N2. The molecule has 1 saturated carbocycles. The van der Waals surface area contributed by atoms with Gasteiger partial charge in [-0.05, 0) is 51.7 Å². The first-order chi connectivity index (χ1) is 9.01. The Morgan fingerprint density at radius 2 is 1.89 bits per heavy atom. The topological polar surface area (TPSA) is 15.3 Å². The summed E-state index contributed by atoms with van der Waals surface area (Å²) in [6.07, 6.45) is 3.94. The van der Waals surface area contributed by atoms with Crippen LogP contribution < -0.4 is 10.2 Å². The van der Waals surface area contributed by atoms with E-state index in [0.717, 1.165) is 12.6 Å². The van der Waals surface area contributed by atoms with Gasteiger partial charge in [-0.25, -0.2) is 0 Å². The van der Waals surface area contributed by atoms with E-state index in [2.05, 4.69) is 62.2 Å². The minimum absolute atomic E-state index is 0.169. The van der Waals surface area contributed by atoms with Crippen LogP contribution >= 0.6 is 0 Å². The Morgan fingerprint density at radius 3 is 2.47 bits per heavy atom. The van der Waals surface area contributed by atoms with Crippen molar-refractivity contribution in [3.63, 3.8) is 0 Å². The van der Waals surface area contributed by atoms with E-state index in [-0.39, 0.29) is 5.54 Å². The number of hydrogen-bond acceptors (Lipinski definition) is 2. The van der Waals surface area contributed by atoms with E-state index >= 15 is 0 Å². The van der Waals surface area contributed by atoms with Gasteiger partial charge in [0.25, 0.3) is 0 Å². The standard InChI is InChI=1S/C17H28N2/c1-5-12-19(15-10-11-15)16-9-7-6-8-14(16)13-18-17(2,3)4/h6-9,15,18H,5,10-13H2,1-4H3. The van der Waals surface area contributed by atoms with E-state index in [4.69, 9.17) is 0 Å². The summed E-state index contributed by atoms with van der Waals surface area (Å²) in [4.78, 5) is 2.61. The van der Waals surface area contributed by atoms with Gasteiger partial charge in [0.05, 0.1) is 0 Å². The fourth-order valence-electron chi connectivity index (χ4n) is 2.43. The van der Waals surface area contributed by atoms with Crippen LogP contribution in [-0.2, 0) is 6.54 Å². The summed E-state index contributed by atoms with van der Waals surface area (Å²) in [7, 11) is 0. The molecule has 0 aromatic heterocycles. The molecule has 0 amide bonds. The molecule has 0 heterocycles. The number of rotatable bonds is 6. The van der Waals surface area contributed by atoms with Crippen LogP contribution in [0.5, 0.6) is 0 Å². The molecule has 0 saturated heterocycles. The molecule has 1 fully saturated rings. The maximum Gasteiger partial charge on any atom is 0.0414 e. The number of benzene rings is 1. The zero-order chi connectivity index (χ0) is 13.9. The maximum absolute atomic E-state index is 3.61. The fraction of sp³-hybridized carbons (Fsp3) is 0.647. The van der Waals surface area contributed by atoms with E-state index in [9.17, 15) is 0 Å². The normalized spacial score (nSPS) is 15.6. The molecule has 1 N–H and O–H groups in total. The number of hydrogen-bond donors (Lipinski definition) is 1. The van der Waals surface area contributed by atoms with Crippen LogP contribution in [0.3, 0.4) is 0 Å². The summed E-state index contributed by atoms with van der Waals surface area (Å²) in [5.74, 6) is 0. The second-order valence-corrected chi connectivity index (χ2v) is 6.66. The van der Waals surface area contributed by atoms with E-state index in [1.807, 2.05) is 0 Å². The summed E-state index contributed by atoms with van der Waals surface area (Å²) in [6.45, 7) is 11.1. The first-order valence-corrected chi connectivity index (χ1v) is 7.61. The fourth-order valence-corrected chi connectivity index (χ4v) is 2.43. The lowest BCUT2D eigenvalue weighted by Crippen LogP contribution is -2.36. The molecule has 2 nitrogen and oxygen atoms in total. The molecule has 0 radical (unpaired) electrons. The van der Waals surface area contributed by atoms with E-state index < -0.39 is 0 Å². The third-order valence-corrected chi connectivity index (χ3v) is 3.56. The van der Waals surface area contributed by atoms with Gasteiger partial charge < -0.3 is 10.2 Å². The zero-order valence-electron chi connectivity index (χ0n) is 12.9. The summed E-state index contributed by atoms with van der Waals surface area (Å²) in [5.41, 5.74) is 3.03. The Labute approximate surface area is 118 Å². The van der Waals surface area contributed by atoms with Gasteiger partial charge in [-0.3, -0.25) is 0 Å². The van der Waals surface area contributed by atoms with Gasteiger partial charge in [-0.1, -0.05) is 25.1 Å². The number of anilines is 1. The second kappa shape index (κ2) is 5.96. The van der Waals surface area contributed by atoms with Crippen molar-refractivity contribution in [1.82, 2.24) is 5.32 Å². The second-order valence-electron chi connectivity index (χ2n) is 6.66. The van der Waals surface area contributed by atoms with Gasteiger partial charge in [-0.15, -0.1) is 0 Å². The van der Waals surface area contributed by atoms with Gasteiger partial charge >= 0.3 is 0 Å². The van der Waals surface area contributed by atoms with Crippen LogP contribution in [0.2, 0.25) is 0 Å². The Kier molecular flexibility index (Phi) is 4.51. The molecule has 106 valence electrons. The summed E-state index contributed by atoms with van der Waals surface area (Å²) < 4.78 is 0. The highest BCUT2D eigenvalue weighted by Crippen LogP contribution is 2.33. The predicted octanol–water partition coefficient (Wildman–Crippen LogP) is 3.95. The van der Waals surface area contributed by atoms with Crippen LogP contribution in [0.15, 0.2) is 24.3 Å². The first-order valence-electron chi connectivity index (χ1n) is 7.61. The molecule has 1 aliphatic carbocycles. The van der Waals surface area contributed by atoms with E-state index in [1.165, 1.54) is 37.1 Å². The Bertz CT molecular complexity index is 402. The molecule has 1 aromatic rings. The van der Waals surface area contributed by atoms with Gasteiger partial charge in [0.2, 0.25) is 0 Å². The van der Waals surface area contributed by atoms with E-state index in [0.29, 0.717) is 0 Å². The lowest BCUT2D eigenvalue weighted by molar-refractivity contribution is 0.424. The van der Waals surface area contributed by atoms with Gasteiger partial charge in [-0.2, -0.15) is 0 Å². The minimum atomic E-state index is 0.169. The molecule has 0 spiro atoms. The molecule has 2 heteroatoms. The summed E-state index contributed by atoms with van der Waals surface area (Å²) in [5, 5.41) is 3.61. The van der Waals surface area contributed by atoms with Crippen LogP contribution in [0.25, 0.3) is 0 Å². The number of nitrogens with one attached hydrogen (secondary N) is 1. The lowest BCUT2D eigenvalue weighted by Gasteiger charge is -2.28. The van der Waals surface area contributed by atoms with Gasteiger partial charge in [0.15, 0.2) is 0 Å². The Morgan fingerprint density at radius 1 is 1.21 bits per heavy atom. The van der Waals surface area contributed by atoms with Crippen LogP contribution in [0.4, 0.5) is 5.69 Å². The largest absolute Gasteiger partial charge is 0.368 e. The SMILES string of the molecule is CCCN(c1ccccc1CNC(C)(C)C)C1CC1. The number of para-hydroxylation sites is 1. The highest BCUT2D eigenvalue weighted by atomic mass is 15.2. The Hall–Kier alpha value is -1.02. The zero-order valence-corrected chi connectivity index (χ0v) is 12.9. The summed E-state index contributed by atoms with van der Waals surface area (Å²) in [6, 6.07) is 9.66. The van der Waals surface area contributed by atoms with Crippen molar-refractivity contribution in [1.29, 1.82) is 0 Å². The average Bonchev–Trinajstić information content (AvgIpc) is 3.17. The smallest absolute Gasteiger partial charge is 0.0414 e. The molecule has 2 rings (SSSR count). The van der Waals surface area contributed by atoms with Crippen molar-refractivity contribution in [2.75, 3.05) is 11.4 Å². The molecule has 0 atom stereocenters. The molecule has 0 bridgehead atoms. The van der Waals surface area contributed by atoms with Crippen molar-refractivity contribution < 1.29 is 0 Å². The minimum Gasteiger partial charge on any atom is -0.368 e. The quantitative estimate of drug-likeness (QED) is 0.833. The lowest BCUT2D eigenvalue weighted by atomic mass is 10.1. The van der Waals surface area contributed by atoms with Crippen LogP contribution in [-0.4, -0.2) is 18.1 Å². The molecule has 19 heavy (non-hydrogen) atoms. The summed E-state index contributed by atoms with van der Waals surface area (Å²) >= 11 is 0. The van der Waals surface area contributed by atoms with Crippen molar-refractivity contribution >= 4 is 5.69 Å². The van der Waals surface area contributed by atoms with Crippen molar-refractivity contribution in [3.05, 3.63) is 29.8 Å². The monoisotopic (exact) mass is 260 g/mol. The molecule has 1 aliphatic rings. The molecule has 0 unspecified atom stereocenters. The highest BCUT2D eigenvalue weighted by Gasteiger charge is 2.29. The maximum atomic E-state index is 3.61.